The Morgan fingerprint density at radius 2 is 0.577 bits per heavy atom. The van der Waals surface area contributed by atoms with Crippen molar-refractivity contribution in [2.75, 3.05) is 6.54 Å². The Hall–Kier alpha value is -2.39. The second-order valence-corrected chi connectivity index (χ2v) is 24.6. The molecule has 3 heteroatoms. The molecule has 1 aliphatic rings. The number of nitrogens with zero attached hydrogens (tertiary/aromatic N) is 2. The molecule has 0 aromatic carbocycles. The number of unbranched alkanes of at least 4 members (excludes halogenated alkanes) is 35. The van der Waals surface area contributed by atoms with Crippen molar-refractivity contribution < 1.29 is 5.11 Å². The highest BCUT2D eigenvalue weighted by atomic mass is 16.3. The third-order valence-electron chi connectivity index (χ3n) is 17.1. The van der Waals surface area contributed by atoms with Crippen molar-refractivity contribution in [1.82, 2.24) is 4.90 Å². The Morgan fingerprint density at radius 1 is 0.321 bits per heavy atom. The number of hydrogen-bond donors (Lipinski definition) is 1. The third-order valence-corrected chi connectivity index (χ3v) is 17.1. The van der Waals surface area contributed by atoms with Crippen molar-refractivity contribution in [3.05, 3.63) is 85.1 Å². The summed E-state index contributed by atoms with van der Waals surface area (Å²) in [6.07, 6.45) is 94.4. The molecule has 0 aromatic rings. The van der Waals surface area contributed by atoms with Crippen molar-refractivity contribution in [3.8, 4) is 0 Å². The zero-order valence-corrected chi connectivity index (χ0v) is 53.8. The van der Waals surface area contributed by atoms with Crippen molar-refractivity contribution in [2.24, 2.45) is 4.99 Å². The van der Waals surface area contributed by atoms with Crippen LogP contribution >= 0.6 is 0 Å². The van der Waals surface area contributed by atoms with E-state index in [9.17, 15) is 5.11 Å². The van der Waals surface area contributed by atoms with E-state index in [0.29, 0.717) is 19.4 Å². The Balaban J connectivity index is 4.24. The van der Waals surface area contributed by atoms with Gasteiger partial charge < -0.3 is 10.0 Å². The Kier molecular flexibility index (Phi) is 50.9. The maximum Gasteiger partial charge on any atom is 0.104 e. The van der Waals surface area contributed by atoms with Gasteiger partial charge in [-0.2, -0.15) is 0 Å². The smallest absolute Gasteiger partial charge is 0.104 e. The number of hydrogen-bond acceptors (Lipinski definition) is 3. The van der Waals surface area contributed by atoms with Crippen molar-refractivity contribution in [3.63, 3.8) is 0 Å². The Labute approximate surface area is 489 Å². The quantitative estimate of drug-likeness (QED) is 0.0487. The molecule has 0 saturated carbocycles. The summed E-state index contributed by atoms with van der Waals surface area (Å²) in [7, 11) is 0. The largest absolute Gasteiger partial charge is 0.387 e. The van der Waals surface area contributed by atoms with Crippen LogP contribution in [0.3, 0.4) is 0 Å². The maximum atomic E-state index is 13.6. The van der Waals surface area contributed by atoms with Gasteiger partial charge in [0.1, 0.15) is 5.84 Å². The first-order valence-electron chi connectivity index (χ1n) is 35.0. The van der Waals surface area contributed by atoms with Gasteiger partial charge in [0.15, 0.2) is 0 Å². The van der Waals surface area contributed by atoms with E-state index in [4.69, 9.17) is 4.99 Å². The van der Waals surface area contributed by atoms with E-state index in [1.807, 2.05) is 0 Å². The molecule has 0 radical (unpaired) electrons. The standard InChI is InChI=1S/C75H136N2O/c1-8-15-22-29-36-43-50-57-64-72-76-74(67-60-53-46-39-32-25-18-11-4,68-61-54-47-40-33-26-19-12-5)75(69-62-55-48-41-34-27-20-13-6,70-63-56-49-42-35-28-21-14-7)77(72)71-73(78,65-58-51-44-37-30-23-16-9-2)66-59-52-45-38-31-24-17-10-3/h50-63,78H,8-49,64-71H2,1-7H3. The lowest BCUT2D eigenvalue weighted by atomic mass is 9.67. The van der Waals surface area contributed by atoms with Gasteiger partial charge in [0, 0.05) is 13.0 Å². The van der Waals surface area contributed by atoms with Gasteiger partial charge in [-0.15, -0.1) is 0 Å². The van der Waals surface area contributed by atoms with Crippen molar-refractivity contribution >= 4 is 5.84 Å². The number of allylic oxidation sites excluding steroid dienone is 7. The molecular weight excluding hydrogens is 945 g/mol. The van der Waals surface area contributed by atoms with E-state index in [1.165, 1.54) is 231 Å². The molecule has 78 heavy (non-hydrogen) atoms. The molecule has 1 aliphatic heterocycles. The molecule has 3 nitrogen and oxygen atoms in total. The van der Waals surface area contributed by atoms with Crippen LogP contribution in [-0.4, -0.2) is 39.1 Å². The predicted molar refractivity (Wildman–Crippen MR) is 354 cm³/mol. The van der Waals surface area contributed by atoms with Gasteiger partial charge in [-0.05, 0) is 128 Å². The van der Waals surface area contributed by atoms with Crippen LogP contribution in [-0.2, 0) is 0 Å². The molecule has 0 bridgehead atoms. The van der Waals surface area contributed by atoms with Crippen LogP contribution in [0.4, 0.5) is 0 Å². The molecular formula is C75H136N2O. The van der Waals surface area contributed by atoms with Crippen LogP contribution in [0.15, 0.2) is 90.1 Å². The molecule has 0 aliphatic carbocycles. The van der Waals surface area contributed by atoms with Gasteiger partial charge in [-0.25, -0.2) is 0 Å². The van der Waals surface area contributed by atoms with Crippen LogP contribution in [0, 0.1) is 0 Å². The molecule has 0 fully saturated rings. The van der Waals surface area contributed by atoms with E-state index in [-0.39, 0.29) is 11.1 Å². The van der Waals surface area contributed by atoms with E-state index in [0.717, 1.165) is 77.0 Å². The SMILES string of the molecule is CCCCCCCC=CCC1=NC(CC=CCCCCCCC)(CC=CCCCCCCC)C(CC=CCCCCCCC)(CC=CCCCCCCC)N1CC(O)(CC=CCCCCCCC)CC=CCCCCCCC. The molecule has 0 saturated heterocycles. The molecule has 0 spiro atoms. The van der Waals surface area contributed by atoms with Gasteiger partial charge in [-0.3, -0.25) is 4.99 Å². The molecule has 0 amide bonds. The fraction of sp³-hybridized carbons (Fsp3) is 0.800. The summed E-state index contributed by atoms with van der Waals surface area (Å²) in [6.45, 7) is 16.8. The van der Waals surface area contributed by atoms with Crippen molar-refractivity contribution in [1.29, 1.82) is 0 Å². The van der Waals surface area contributed by atoms with Gasteiger partial charge in [0.2, 0.25) is 0 Å². The average molecular weight is 1080 g/mol. The summed E-state index contributed by atoms with van der Waals surface area (Å²) in [6, 6.07) is 0. The first-order valence-corrected chi connectivity index (χ1v) is 35.0. The predicted octanol–water partition coefficient (Wildman–Crippen LogP) is 25.1. The van der Waals surface area contributed by atoms with Gasteiger partial charge in [0.05, 0.1) is 16.7 Å². The summed E-state index contributed by atoms with van der Waals surface area (Å²) in [5.41, 5.74) is -1.66. The molecule has 0 unspecified atom stereocenters. The number of β-amino-alcohol motifs (C(OH)–C–C–N with tert-alkyl or cyclic N) is 1. The van der Waals surface area contributed by atoms with Gasteiger partial charge >= 0.3 is 0 Å². The Bertz CT molecular complexity index is 1460. The molecule has 452 valence electrons. The van der Waals surface area contributed by atoms with Crippen LogP contribution < -0.4 is 0 Å². The third kappa shape index (κ3) is 36.9. The zero-order valence-electron chi connectivity index (χ0n) is 53.8. The molecule has 1 rings (SSSR count). The van der Waals surface area contributed by atoms with Crippen molar-refractivity contribution in [2.45, 2.75) is 380 Å². The highest BCUT2D eigenvalue weighted by Gasteiger charge is 2.58. The summed E-state index contributed by atoms with van der Waals surface area (Å²) in [4.78, 5) is 9.06. The van der Waals surface area contributed by atoms with E-state index >= 15 is 0 Å². The summed E-state index contributed by atoms with van der Waals surface area (Å²) in [5.74, 6) is 1.21. The molecule has 1 heterocycles. The van der Waals surface area contributed by atoms with E-state index in [1.54, 1.807) is 0 Å². The minimum absolute atomic E-state index is 0.343. The van der Waals surface area contributed by atoms with E-state index < -0.39 is 5.60 Å². The molecule has 0 atom stereocenters. The summed E-state index contributed by atoms with van der Waals surface area (Å²) in [5, 5.41) is 13.6. The van der Waals surface area contributed by atoms with Gasteiger partial charge in [-0.1, -0.05) is 313 Å². The maximum absolute atomic E-state index is 13.6. The summed E-state index contributed by atoms with van der Waals surface area (Å²) < 4.78 is 0. The minimum atomic E-state index is -0.933. The van der Waals surface area contributed by atoms with Crippen LogP contribution in [0.25, 0.3) is 0 Å². The fourth-order valence-corrected chi connectivity index (χ4v) is 11.8. The highest BCUT2D eigenvalue weighted by molar-refractivity contribution is 5.88. The number of amidine groups is 1. The zero-order chi connectivity index (χ0) is 56.6. The highest BCUT2D eigenvalue weighted by Crippen LogP contribution is 2.51. The normalized spacial score (nSPS) is 18.2. The van der Waals surface area contributed by atoms with Crippen LogP contribution in [0.2, 0.25) is 0 Å². The minimum Gasteiger partial charge on any atom is -0.387 e. The van der Waals surface area contributed by atoms with Crippen LogP contribution in [0.1, 0.15) is 363 Å². The molecule has 0 aromatic heterocycles. The summed E-state index contributed by atoms with van der Waals surface area (Å²) >= 11 is 0. The number of rotatable bonds is 58. The second-order valence-electron chi connectivity index (χ2n) is 24.6. The lowest BCUT2D eigenvalue weighted by Crippen LogP contribution is -2.62. The van der Waals surface area contributed by atoms with Crippen LogP contribution in [0.5, 0.6) is 0 Å². The number of aliphatic imine (C=N–C) groups is 1. The molecule has 1 N–H and O–H groups in total. The lowest BCUT2D eigenvalue weighted by molar-refractivity contribution is -0.0116. The topological polar surface area (TPSA) is 35.8 Å². The first-order chi connectivity index (χ1) is 38.4. The fourth-order valence-electron chi connectivity index (χ4n) is 11.8. The average Bonchev–Trinajstić information content (AvgIpc) is 3.93. The van der Waals surface area contributed by atoms with E-state index in [2.05, 4.69) is 138 Å². The second kappa shape index (κ2) is 53.9. The van der Waals surface area contributed by atoms with Gasteiger partial charge in [0.25, 0.3) is 0 Å². The first kappa shape index (κ1) is 73.6. The lowest BCUT2D eigenvalue weighted by Gasteiger charge is -2.51. The number of aliphatic hydroxyl groups is 1. The Morgan fingerprint density at radius 3 is 0.872 bits per heavy atom. The monoisotopic (exact) mass is 1080 g/mol.